The number of carbonyl (C=O) groups excluding carboxylic acids is 2. The van der Waals surface area contributed by atoms with Gasteiger partial charge in [0.15, 0.2) is 0 Å². The van der Waals surface area contributed by atoms with Gasteiger partial charge in [0.2, 0.25) is 5.91 Å². The van der Waals surface area contributed by atoms with Crippen molar-refractivity contribution in [2.75, 3.05) is 0 Å². The lowest BCUT2D eigenvalue weighted by Gasteiger charge is -2.05. The fourth-order valence-electron chi connectivity index (χ4n) is 1.61. The minimum atomic E-state index is -0.748. The molecule has 0 spiro atoms. The molecule has 0 radical (unpaired) electrons. The van der Waals surface area contributed by atoms with Crippen LogP contribution in [0.1, 0.15) is 17.3 Å². The Morgan fingerprint density at radius 3 is 2.65 bits per heavy atom. The Bertz CT molecular complexity index is 740. The maximum absolute atomic E-state index is 11.9. The molecule has 7 heteroatoms. The van der Waals surface area contributed by atoms with Gasteiger partial charge in [-0.1, -0.05) is 11.6 Å². The van der Waals surface area contributed by atoms with Gasteiger partial charge in [-0.2, -0.15) is 0 Å². The number of rotatable bonds is 2. The van der Waals surface area contributed by atoms with Crippen LogP contribution < -0.4 is 10.9 Å². The van der Waals surface area contributed by atoms with E-state index in [2.05, 4.69) is 9.97 Å². The molecule has 0 saturated carbocycles. The van der Waals surface area contributed by atoms with Gasteiger partial charge in [0.05, 0.1) is 10.7 Å². The van der Waals surface area contributed by atoms with Gasteiger partial charge in [0.25, 0.3) is 11.5 Å². The van der Waals surface area contributed by atoms with Crippen LogP contribution in [-0.2, 0) is 4.79 Å². The lowest BCUT2D eigenvalue weighted by atomic mass is 10.1. The number of aromatic amines is 1. The summed E-state index contributed by atoms with van der Waals surface area (Å²) in [6.07, 6.45) is 3.03. The molecule has 6 nitrogen and oxygen atoms in total. The third-order valence-electron chi connectivity index (χ3n) is 2.50. The molecular formula is C13H10ClN3O3. The molecule has 0 unspecified atom stereocenters. The molecule has 0 aliphatic rings. The molecule has 0 aliphatic heterocycles. The molecule has 0 aromatic carbocycles. The van der Waals surface area contributed by atoms with Crippen LogP contribution in [0.4, 0.5) is 0 Å². The van der Waals surface area contributed by atoms with E-state index in [4.69, 9.17) is 11.6 Å². The number of nitrogens with one attached hydrogen (secondary N) is 2. The summed E-state index contributed by atoms with van der Waals surface area (Å²) < 4.78 is 0. The number of halogens is 1. The van der Waals surface area contributed by atoms with E-state index in [1.165, 1.54) is 31.5 Å². The van der Waals surface area contributed by atoms with Crippen LogP contribution >= 0.6 is 11.6 Å². The lowest BCUT2D eigenvalue weighted by Crippen LogP contribution is -2.32. The van der Waals surface area contributed by atoms with Crippen molar-refractivity contribution in [3.63, 3.8) is 0 Å². The molecule has 2 aromatic rings. The monoisotopic (exact) mass is 291 g/mol. The van der Waals surface area contributed by atoms with Crippen molar-refractivity contribution >= 4 is 23.4 Å². The maximum Gasteiger partial charge on any atom is 0.263 e. The number of aromatic nitrogens is 2. The average molecular weight is 292 g/mol. The fraction of sp³-hybridized carbons (Fsp3) is 0.0769. The minimum Gasteiger partial charge on any atom is -0.321 e. The highest BCUT2D eigenvalue weighted by Crippen LogP contribution is 2.23. The Hall–Kier alpha value is -2.47. The molecule has 0 aliphatic carbocycles. The Morgan fingerprint density at radius 1 is 1.30 bits per heavy atom. The first-order chi connectivity index (χ1) is 9.49. The summed E-state index contributed by atoms with van der Waals surface area (Å²) in [5.41, 5.74) is 0.224. The van der Waals surface area contributed by atoms with Crippen molar-refractivity contribution in [3.05, 3.63) is 51.5 Å². The lowest BCUT2D eigenvalue weighted by molar-refractivity contribution is -0.118. The fourth-order valence-corrected chi connectivity index (χ4v) is 1.82. The van der Waals surface area contributed by atoms with E-state index in [0.717, 1.165) is 0 Å². The predicted molar refractivity (Wildman–Crippen MR) is 73.5 cm³/mol. The number of nitrogens with zero attached hydrogens (tertiary/aromatic N) is 1. The molecule has 2 N–H and O–H groups in total. The summed E-state index contributed by atoms with van der Waals surface area (Å²) in [6.45, 7) is 1.19. The van der Waals surface area contributed by atoms with Crippen LogP contribution in [0.5, 0.6) is 0 Å². The van der Waals surface area contributed by atoms with Crippen molar-refractivity contribution in [2.24, 2.45) is 0 Å². The van der Waals surface area contributed by atoms with Crippen LogP contribution in [-0.4, -0.2) is 21.8 Å². The number of hydrogen-bond acceptors (Lipinski definition) is 4. The van der Waals surface area contributed by atoms with Crippen molar-refractivity contribution in [1.82, 2.24) is 15.3 Å². The molecule has 0 atom stereocenters. The molecule has 2 amide bonds. The van der Waals surface area contributed by atoms with Crippen LogP contribution in [0.25, 0.3) is 11.3 Å². The van der Waals surface area contributed by atoms with E-state index < -0.39 is 17.4 Å². The van der Waals surface area contributed by atoms with Crippen LogP contribution in [0, 0.1) is 0 Å². The largest absolute Gasteiger partial charge is 0.321 e. The van der Waals surface area contributed by atoms with Gasteiger partial charge in [0, 0.05) is 24.9 Å². The van der Waals surface area contributed by atoms with Gasteiger partial charge >= 0.3 is 0 Å². The zero-order valence-corrected chi connectivity index (χ0v) is 11.2. The minimum absolute atomic E-state index is 0.149. The summed E-state index contributed by atoms with van der Waals surface area (Å²) in [4.78, 5) is 40.7. The Kier molecular flexibility index (Phi) is 3.95. The van der Waals surface area contributed by atoms with E-state index in [1.54, 1.807) is 6.07 Å². The van der Waals surface area contributed by atoms with Crippen molar-refractivity contribution in [2.45, 2.75) is 6.92 Å². The normalized spacial score (nSPS) is 10.1. The van der Waals surface area contributed by atoms with Crippen molar-refractivity contribution < 1.29 is 9.59 Å². The smallest absolute Gasteiger partial charge is 0.263 e. The van der Waals surface area contributed by atoms with Crippen molar-refractivity contribution in [3.8, 4) is 11.3 Å². The second-order valence-electron chi connectivity index (χ2n) is 3.98. The Labute approximate surface area is 118 Å². The van der Waals surface area contributed by atoms with Gasteiger partial charge in [-0.05, 0) is 18.2 Å². The highest BCUT2D eigenvalue weighted by molar-refractivity contribution is 6.33. The van der Waals surface area contributed by atoms with Crippen LogP contribution in [0.2, 0.25) is 5.02 Å². The molecule has 2 rings (SSSR count). The number of carbonyl (C=O) groups is 2. The SMILES string of the molecule is CC(=O)NC(=O)c1ccc(-c2cnccc2Cl)[nH]c1=O. The summed E-state index contributed by atoms with van der Waals surface area (Å²) in [6, 6.07) is 4.45. The quantitative estimate of drug-likeness (QED) is 0.874. The van der Waals surface area contributed by atoms with Gasteiger partial charge in [0.1, 0.15) is 5.56 Å². The molecule has 20 heavy (non-hydrogen) atoms. The molecule has 0 bridgehead atoms. The number of H-pyrrole nitrogens is 1. The van der Waals surface area contributed by atoms with Crippen LogP contribution in [0.3, 0.4) is 0 Å². The third kappa shape index (κ3) is 2.92. The third-order valence-corrected chi connectivity index (χ3v) is 2.83. The topological polar surface area (TPSA) is 91.9 Å². The first-order valence-corrected chi connectivity index (χ1v) is 6.02. The van der Waals surface area contributed by atoms with Gasteiger partial charge in [-0.3, -0.25) is 24.7 Å². The molecule has 2 heterocycles. The number of hydrogen-bond donors (Lipinski definition) is 2. The molecule has 2 aromatic heterocycles. The second kappa shape index (κ2) is 5.66. The second-order valence-corrected chi connectivity index (χ2v) is 4.39. The summed E-state index contributed by atoms with van der Waals surface area (Å²) in [7, 11) is 0. The molecule has 0 saturated heterocycles. The molecular weight excluding hydrogens is 282 g/mol. The number of amides is 2. The number of imide groups is 1. The van der Waals surface area contributed by atoms with Gasteiger partial charge in [-0.25, -0.2) is 0 Å². The summed E-state index contributed by atoms with van der Waals surface area (Å²) >= 11 is 6.00. The average Bonchev–Trinajstić information content (AvgIpc) is 2.38. The Morgan fingerprint density at radius 2 is 2.05 bits per heavy atom. The van der Waals surface area contributed by atoms with E-state index in [9.17, 15) is 14.4 Å². The first-order valence-electron chi connectivity index (χ1n) is 5.64. The standard InChI is InChI=1S/C13H10ClN3O3/c1-7(18)16-12(19)8-2-3-11(17-13(8)20)9-6-15-5-4-10(9)14/h2-6H,1H3,(H,17,20)(H,16,18,19). The van der Waals surface area contributed by atoms with E-state index in [0.29, 0.717) is 16.3 Å². The first kappa shape index (κ1) is 14.0. The Balaban J connectivity index is 2.41. The van der Waals surface area contributed by atoms with Crippen molar-refractivity contribution in [1.29, 1.82) is 0 Å². The predicted octanol–water partition coefficient (Wildman–Crippen LogP) is 1.37. The highest BCUT2D eigenvalue weighted by atomic mass is 35.5. The zero-order valence-electron chi connectivity index (χ0n) is 10.4. The highest BCUT2D eigenvalue weighted by Gasteiger charge is 2.13. The van der Waals surface area contributed by atoms with Crippen LogP contribution in [0.15, 0.2) is 35.4 Å². The van der Waals surface area contributed by atoms with E-state index in [-0.39, 0.29) is 5.56 Å². The molecule has 0 fully saturated rings. The summed E-state index contributed by atoms with van der Waals surface area (Å²) in [5.74, 6) is -1.28. The van der Waals surface area contributed by atoms with E-state index in [1.807, 2.05) is 5.32 Å². The summed E-state index contributed by atoms with van der Waals surface area (Å²) in [5, 5.41) is 2.46. The van der Waals surface area contributed by atoms with Gasteiger partial charge in [-0.15, -0.1) is 0 Å². The molecule has 102 valence electrons. The maximum atomic E-state index is 11.9. The van der Waals surface area contributed by atoms with E-state index >= 15 is 0 Å². The zero-order chi connectivity index (χ0) is 14.7. The number of pyridine rings is 2. The van der Waals surface area contributed by atoms with Gasteiger partial charge < -0.3 is 4.98 Å².